The Morgan fingerprint density at radius 2 is 2.10 bits per heavy atom. The van der Waals surface area contributed by atoms with Crippen LogP contribution in [0.3, 0.4) is 0 Å². The molecular weight excluding hydrogens is 297 g/mol. The Morgan fingerprint density at radius 3 is 2.90 bits per heavy atom. The fourth-order valence-corrected chi connectivity index (χ4v) is 2.35. The molecule has 0 spiro atoms. The summed E-state index contributed by atoms with van der Waals surface area (Å²) in [7, 11) is 0. The van der Waals surface area contributed by atoms with Gasteiger partial charge in [-0.15, -0.1) is 0 Å². The smallest absolute Gasteiger partial charge is 0.226 e. The first-order valence-corrected chi connectivity index (χ1v) is 6.77. The summed E-state index contributed by atoms with van der Waals surface area (Å²) in [6.07, 6.45) is 1.67. The number of nitrogens with one attached hydrogen (secondary N) is 2. The van der Waals surface area contributed by atoms with Gasteiger partial charge in [0.05, 0.1) is 17.6 Å². The van der Waals surface area contributed by atoms with Crippen LogP contribution in [0.4, 0.5) is 5.82 Å². The molecule has 0 radical (unpaired) electrons. The molecule has 2 heterocycles. The molecule has 0 bridgehead atoms. The van der Waals surface area contributed by atoms with Gasteiger partial charge in [-0.1, -0.05) is 23.7 Å². The maximum absolute atomic E-state index is 6.01. The van der Waals surface area contributed by atoms with E-state index in [-0.39, 0.29) is 11.3 Å². The third-order valence-electron chi connectivity index (χ3n) is 2.98. The number of benzene rings is 1. The van der Waals surface area contributed by atoms with Crippen LogP contribution in [-0.2, 0) is 0 Å². The standard InChI is InChI=1S/C13H11Cl2N5/c1-7(8-3-2-4-9(14)5-8)17-11-10-6-16-20-12(10)19-13(15)18-11/h2-7H,1H3,(H2,16,17,18,19,20). The number of aromatic nitrogens is 4. The molecule has 2 aromatic heterocycles. The second-order valence-corrected chi connectivity index (χ2v) is 5.17. The van der Waals surface area contributed by atoms with Gasteiger partial charge < -0.3 is 5.32 Å². The molecule has 0 amide bonds. The lowest BCUT2D eigenvalue weighted by Crippen LogP contribution is -2.08. The normalized spacial score (nSPS) is 12.6. The molecule has 1 aromatic carbocycles. The van der Waals surface area contributed by atoms with E-state index in [1.807, 2.05) is 31.2 Å². The van der Waals surface area contributed by atoms with Gasteiger partial charge >= 0.3 is 0 Å². The van der Waals surface area contributed by atoms with Crippen molar-refractivity contribution < 1.29 is 0 Å². The zero-order chi connectivity index (χ0) is 14.1. The first-order chi connectivity index (χ1) is 9.63. The van der Waals surface area contributed by atoms with Crippen molar-refractivity contribution >= 4 is 40.1 Å². The number of aromatic amines is 1. The monoisotopic (exact) mass is 307 g/mol. The fourth-order valence-electron chi connectivity index (χ4n) is 1.98. The van der Waals surface area contributed by atoms with E-state index >= 15 is 0 Å². The van der Waals surface area contributed by atoms with Gasteiger partial charge in [0.2, 0.25) is 5.28 Å². The van der Waals surface area contributed by atoms with Crippen LogP contribution in [0.1, 0.15) is 18.5 Å². The van der Waals surface area contributed by atoms with Gasteiger partial charge in [0, 0.05) is 5.02 Å². The molecule has 0 fully saturated rings. The number of halogens is 2. The maximum Gasteiger partial charge on any atom is 0.226 e. The lowest BCUT2D eigenvalue weighted by Gasteiger charge is -2.15. The highest BCUT2D eigenvalue weighted by atomic mass is 35.5. The molecule has 0 aliphatic rings. The van der Waals surface area contributed by atoms with Crippen LogP contribution in [0.25, 0.3) is 11.0 Å². The second-order valence-electron chi connectivity index (χ2n) is 4.39. The van der Waals surface area contributed by atoms with Crippen molar-refractivity contribution in [3.63, 3.8) is 0 Å². The van der Waals surface area contributed by atoms with Crippen molar-refractivity contribution in [1.29, 1.82) is 0 Å². The zero-order valence-electron chi connectivity index (χ0n) is 10.6. The van der Waals surface area contributed by atoms with Gasteiger partial charge in [0.1, 0.15) is 5.82 Å². The number of hydrogen-bond donors (Lipinski definition) is 2. The van der Waals surface area contributed by atoms with E-state index in [2.05, 4.69) is 25.5 Å². The Morgan fingerprint density at radius 1 is 1.25 bits per heavy atom. The third-order valence-corrected chi connectivity index (χ3v) is 3.39. The molecular formula is C13H11Cl2N5. The van der Waals surface area contributed by atoms with E-state index in [1.54, 1.807) is 6.20 Å². The molecule has 5 nitrogen and oxygen atoms in total. The maximum atomic E-state index is 6.01. The van der Waals surface area contributed by atoms with Gasteiger partial charge in [0.25, 0.3) is 0 Å². The quantitative estimate of drug-likeness (QED) is 0.722. The van der Waals surface area contributed by atoms with Crippen molar-refractivity contribution in [2.24, 2.45) is 0 Å². The highest BCUT2D eigenvalue weighted by molar-refractivity contribution is 6.30. The summed E-state index contributed by atoms with van der Waals surface area (Å²) in [6.45, 7) is 2.02. The molecule has 2 N–H and O–H groups in total. The predicted molar refractivity (Wildman–Crippen MR) is 80.2 cm³/mol. The number of anilines is 1. The van der Waals surface area contributed by atoms with Crippen LogP contribution in [0.2, 0.25) is 10.3 Å². The number of hydrogen-bond acceptors (Lipinski definition) is 4. The minimum absolute atomic E-state index is 0.0257. The topological polar surface area (TPSA) is 66.5 Å². The van der Waals surface area contributed by atoms with Crippen LogP contribution < -0.4 is 5.32 Å². The van der Waals surface area contributed by atoms with E-state index in [0.717, 1.165) is 10.9 Å². The van der Waals surface area contributed by atoms with E-state index in [0.29, 0.717) is 16.5 Å². The number of rotatable bonds is 3. The summed E-state index contributed by atoms with van der Waals surface area (Å²) in [6, 6.07) is 7.69. The molecule has 0 saturated carbocycles. The average Bonchev–Trinajstić information content (AvgIpc) is 2.86. The summed E-state index contributed by atoms with van der Waals surface area (Å²) in [5.41, 5.74) is 1.66. The summed E-state index contributed by atoms with van der Waals surface area (Å²) in [5, 5.41) is 11.7. The first-order valence-electron chi connectivity index (χ1n) is 6.02. The molecule has 3 aromatic rings. The van der Waals surface area contributed by atoms with Gasteiger partial charge in [-0.3, -0.25) is 5.10 Å². The van der Waals surface area contributed by atoms with Crippen LogP contribution >= 0.6 is 23.2 Å². The molecule has 0 aliphatic carbocycles. The summed E-state index contributed by atoms with van der Waals surface area (Å²) < 4.78 is 0. The summed E-state index contributed by atoms with van der Waals surface area (Å²) in [4.78, 5) is 8.28. The molecule has 0 saturated heterocycles. The van der Waals surface area contributed by atoms with Crippen molar-refractivity contribution in [2.45, 2.75) is 13.0 Å². The first kappa shape index (κ1) is 13.1. The van der Waals surface area contributed by atoms with Crippen molar-refractivity contribution in [3.8, 4) is 0 Å². The van der Waals surface area contributed by atoms with Crippen molar-refractivity contribution in [2.75, 3.05) is 5.32 Å². The summed E-state index contributed by atoms with van der Waals surface area (Å²) in [5.74, 6) is 0.640. The van der Waals surface area contributed by atoms with Gasteiger partial charge in [-0.2, -0.15) is 15.1 Å². The van der Waals surface area contributed by atoms with Gasteiger partial charge in [-0.05, 0) is 36.2 Å². The number of H-pyrrole nitrogens is 1. The van der Waals surface area contributed by atoms with Gasteiger partial charge in [-0.25, -0.2) is 0 Å². The van der Waals surface area contributed by atoms with Crippen molar-refractivity contribution in [1.82, 2.24) is 20.2 Å². The van der Waals surface area contributed by atoms with E-state index in [1.165, 1.54) is 0 Å². The highest BCUT2D eigenvalue weighted by Gasteiger charge is 2.12. The second kappa shape index (κ2) is 5.26. The number of nitrogens with zero attached hydrogens (tertiary/aromatic N) is 3. The van der Waals surface area contributed by atoms with Gasteiger partial charge in [0.15, 0.2) is 5.65 Å². The Hall–Kier alpha value is -1.85. The zero-order valence-corrected chi connectivity index (χ0v) is 12.1. The molecule has 1 atom stereocenters. The number of fused-ring (bicyclic) bond motifs is 1. The van der Waals surface area contributed by atoms with Crippen LogP contribution in [0.5, 0.6) is 0 Å². The molecule has 102 valence electrons. The Balaban J connectivity index is 1.94. The fraction of sp³-hybridized carbons (Fsp3) is 0.154. The molecule has 3 rings (SSSR count). The van der Waals surface area contributed by atoms with E-state index < -0.39 is 0 Å². The molecule has 7 heteroatoms. The predicted octanol–water partition coefficient (Wildman–Crippen LogP) is 3.83. The lowest BCUT2D eigenvalue weighted by molar-refractivity contribution is 0.876. The summed E-state index contributed by atoms with van der Waals surface area (Å²) >= 11 is 11.9. The minimum Gasteiger partial charge on any atom is -0.363 e. The van der Waals surface area contributed by atoms with Crippen LogP contribution in [-0.4, -0.2) is 20.2 Å². The van der Waals surface area contributed by atoms with Crippen molar-refractivity contribution in [3.05, 3.63) is 46.3 Å². The van der Waals surface area contributed by atoms with E-state index in [4.69, 9.17) is 23.2 Å². The molecule has 20 heavy (non-hydrogen) atoms. The molecule has 1 unspecified atom stereocenters. The largest absolute Gasteiger partial charge is 0.363 e. The Labute approximate surface area is 125 Å². The SMILES string of the molecule is CC(Nc1nc(Cl)nc2[nH]ncc12)c1cccc(Cl)c1. The third kappa shape index (κ3) is 2.55. The Kier molecular flexibility index (Phi) is 3.46. The lowest BCUT2D eigenvalue weighted by atomic mass is 10.1. The van der Waals surface area contributed by atoms with Crippen LogP contribution in [0, 0.1) is 0 Å². The van der Waals surface area contributed by atoms with Crippen LogP contribution in [0.15, 0.2) is 30.5 Å². The van der Waals surface area contributed by atoms with E-state index in [9.17, 15) is 0 Å². The Bertz CT molecular complexity index is 755. The highest BCUT2D eigenvalue weighted by Crippen LogP contribution is 2.25. The minimum atomic E-state index is 0.0257. The average molecular weight is 308 g/mol. The molecule has 0 aliphatic heterocycles.